The van der Waals surface area contributed by atoms with Gasteiger partial charge in [0.2, 0.25) is 11.8 Å². The minimum atomic E-state index is -0.654. The number of hydrogen-bond acceptors (Lipinski definition) is 6. The molecule has 1 fully saturated rings. The number of rotatable bonds is 12. The second-order valence-corrected chi connectivity index (χ2v) is 9.62. The molecule has 1 aromatic heterocycles. The van der Waals surface area contributed by atoms with Crippen molar-refractivity contribution in [2.24, 2.45) is 11.8 Å². The molecule has 2 heterocycles. The Labute approximate surface area is 201 Å². The summed E-state index contributed by atoms with van der Waals surface area (Å²) >= 11 is 0. The fraction of sp³-hybridized carbons (Fsp3) is 0.750. The quantitative estimate of drug-likeness (QED) is 0.390. The van der Waals surface area contributed by atoms with E-state index in [9.17, 15) is 19.2 Å². The van der Waals surface area contributed by atoms with Gasteiger partial charge < -0.3 is 16.0 Å². The van der Waals surface area contributed by atoms with Crippen molar-refractivity contribution in [2.45, 2.75) is 72.8 Å². The molecule has 0 saturated carbocycles. The summed E-state index contributed by atoms with van der Waals surface area (Å²) in [7, 11) is 0. The molecule has 10 heteroatoms. The number of hydrogen-bond donors (Lipinski definition) is 3. The minimum absolute atomic E-state index is 0.0127. The Morgan fingerprint density at radius 3 is 2.56 bits per heavy atom. The van der Waals surface area contributed by atoms with Crippen molar-refractivity contribution >= 4 is 23.3 Å². The summed E-state index contributed by atoms with van der Waals surface area (Å²) in [4.78, 5) is 56.8. The van der Waals surface area contributed by atoms with Crippen molar-refractivity contribution < 1.29 is 9.59 Å². The Morgan fingerprint density at radius 2 is 1.91 bits per heavy atom. The number of piperidine rings is 1. The van der Waals surface area contributed by atoms with Crippen LogP contribution in [0.15, 0.2) is 9.59 Å². The zero-order chi connectivity index (χ0) is 25.3. The van der Waals surface area contributed by atoms with E-state index in [1.54, 1.807) is 0 Å². The van der Waals surface area contributed by atoms with E-state index in [1.807, 2.05) is 25.7 Å². The average Bonchev–Trinajstić information content (AvgIpc) is 2.78. The Hall–Kier alpha value is -2.62. The van der Waals surface area contributed by atoms with E-state index in [-0.39, 0.29) is 41.7 Å². The lowest BCUT2D eigenvalue weighted by Crippen LogP contribution is -2.49. The molecule has 0 radical (unpaired) electrons. The number of aromatic nitrogens is 2. The topological polar surface area (TPSA) is 134 Å². The maximum atomic E-state index is 13.4. The number of likely N-dealkylation sites (tertiary alicyclic amines) is 1. The molecule has 1 saturated heterocycles. The number of amides is 2. The molecule has 2 amide bonds. The van der Waals surface area contributed by atoms with Crippen molar-refractivity contribution in [1.82, 2.24) is 19.8 Å². The zero-order valence-corrected chi connectivity index (χ0v) is 21.2. The number of anilines is 2. The third-order valence-electron chi connectivity index (χ3n) is 6.13. The molecular weight excluding hydrogens is 436 g/mol. The number of carbonyl (C=O) groups excluding carboxylic acids is 2. The summed E-state index contributed by atoms with van der Waals surface area (Å²) in [5, 5.41) is 2.99. The molecule has 1 unspecified atom stereocenters. The number of carbonyl (C=O) groups is 2. The third kappa shape index (κ3) is 7.44. The monoisotopic (exact) mass is 478 g/mol. The number of unbranched alkanes of at least 4 members (excludes halogenated alkanes) is 2. The lowest BCUT2D eigenvalue weighted by Gasteiger charge is -2.33. The van der Waals surface area contributed by atoms with Crippen LogP contribution in [0.3, 0.4) is 0 Å². The van der Waals surface area contributed by atoms with Crippen molar-refractivity contribution in [1.29, 1.82) is 0 Å². The van der Waals surface area contributed by atoms with Crippen LogP contribution in [0.4, 0.5) is 11.5 Å². The highest BCUT2D eigenvalue weighted by molar-refractivity contribution is 5.96. The van der Waals surface area contributed by atoms with Gasteiger partial charge in [-0.15, -0.1) is 0 Å². The lowest BCUT2D eigenvalue weighted by atomic mass is 9.97. The molecule has 1 atom stereocenters. The van der Waals surface area contributed by atoms with Gasteiger partial charge in [0.1, 0.15) is 5.82 Å². The first kappa shape index (κ1) is 27.6. The molecular formula is C24H42N6O4. The van der Waals surface area contributed by atoms with Gasteiger partial charge in [0.15, 0.2) is 5.69 Å². The number of H-pyrrole nitrogens is 1. The van der Waals surface area contributed by atoms with Gasteiger partial charge in [0.25, 0.3) is 5.56 Å². The van der Waals surface area contributed by atoms with Gasteiger partial charge in [0, 0.05) is 26.2 Å². The standard InChI is InChI=1S/C24H42N6O4/c1-5-7-11-26-22(32)18-10-9-12-28(15-18)16-19(31)29(13-8-6-2)20-21(25)30(14-17(3)4)24(34)27-23(20)33/h17-18H,5-16,25H2,1-4H3,(H,26,32)(H,27,33,34). The fourth-order valence-electron chi connectivity index (χ4n) is 4.28. The predicted octanol–water partition coefficient (Wildman–Crippen LogP) is 1.54. The lowest BCUT2D eigenvalue weighted by molar-refractivity contribution is -0.128. The maximum Gasteiger partial charge on any atom is 0.330 e. The summed E-state index contributed by atoms with van der Waals surface area (Å²) in [6.07, 6.45) is 5.12. The minimum Gasteiger partial charge on any atom is -0.383 e. The van der Waals surface area contributed by atoms with E-state index in [4.69, 9.17) is 5.73 Å². The molecule has 0 aromatic carbocycles. The normalized spacial score (nSPS) is 16.6. The Bertz CT molecular complexity index is 938. The van der Waals surface area contributed by atoms with Gasteiger partial charge in [-0.3, -0.25) is 28.8 Å². The van der Waals surface area contributed by atoms with E-state index in [1.165, 1.54) is 9.47 Å². The molecule has 192 valence electrons. The van der Waals surface area contributed by atoms with Crippen LogP contribution in [0.1, 0.15) is 66.2 Å². The first-order valence-corrected chi connectivity index (χ1v) is 12.6. The van der Waals surface area contributed by atoms with Gasteiger partial charge in [-0.05, 0) is 38.1 Å². The second kappa shape index (κ2) is 13.3. The Morgan fingerprint density at radius 1 is 1.21 bits per heavy atom. The van der Waals surface area contributed by atoms with E-state index >= 15 is 0 Å². The molecule has 1 aliphatic rings. The molecule has 4 N–H and O–H groups in total. The van der Waals surface area contributed by atoms with Gasteiger partial charge >= 0.3 is 5.69 Å². The highest BCUT2D eigenvalue weighted by Gasteiger charge is 2.30. The van der Waals surface area contributed by atoms with Crippen molar-refractivity contribution in [3.63, 3.8) is 0 Å². The summed E-state index contributed by atoms with van der Waals surface area (Å²) < 4.78 is 1.32. The molecule has 0 aliphatic carbocycles. The number of nitrogens with two attached hydrogens (primary N) is 1. The molecule has 10 nitrogen and oxygen atoms in total. The van der Waals surface area contributed by atoms with Gasteiger partial charge in [-0.2, -0.15) is 0 Å². The fourth-order valence-corrected chi connectivity index (χ4v) is 4.28. The van der Waals surface area contributed by atoms with Crippen LogP contribution in [0.25, 0.3) is 0 Å². The predicted molar refractivity (Wildman–Crippen MR) is 135 cm³/mol. The van der Waals surface area contributed by atoms with Crippen molar-refractivity contribution in [2.75, 3.05) is 43.4 Å². The van der Waals surface area contributed by atoms with E-state index in [2.05, 4.69) is 17.2 Å². The third-order valence-corrected chi connectivity index (χ3v) is 6.13. The number of nitrogen functional groups attached to an aromatic ring is 1. The molecule has 1 aliphatic heterocycles. The van der Waals surface area contributed by atoms with Crippen LogP contribution in [0.2, 0.25) is 0 Å². The molecule has 2 rings (SSSR count). The Balaban J connectivity index is 2.23. The van der Waals surface area contributed by atoms with Crippen LogP contribution >= 0.6 is 0 Å². The summed E-state index contributed by atoms with van der Waals surface area (Å²) in [6, 6.07) is 0. The van der Waals surface area contributed by atoms with Crippen LogP contribution in [-0.4, -0.2) is 59.0 Å². The summed E-state index contributed by atoms with van der Waals surface area (Å²) in [5.74, 6) is -0.225. The van der Waals surface area contributed by atoms with E-state index in [0.717, 1.165) is 32.1 Å². The summed E-state index contributed by atoms with van der Waals surface area (Å²) in [5.41, 5.74) is 5.08. The van der Waals surface area contributed by atoms with Crippen molar-refractivity contribution in [3.05, 3.63) is 20.8 Å². The maximum absolute atomic E-state index is 13.4. The number of aromatic amines is 1. The SMILES string of the molecule is CCCCNC(=O)C1CCCN(CC(=O)N(CCCC)c2c(N)n(CC(C)C)c(=O)[nH]c2=O)C1. The second-order valence-electron chi connectivity index (χ2n) is 9.62. The molecule has 0 bridgehead atoms. The number of nitrogens with zero attached hydrogens (tertiary/aromatic N) is 3. The number of nitrogens with one attached hydrogen (secondary N) is 2. The van der Waals surface area contributed by atoms with Crippen LogP contribution in [-0.2, 0) is 16.1 Å². The van der Waals surface area contributed by atoms with Crippen LogP contribution in [0, 0.1) is 11.8 Å². The van der Waals surface area contributed by atoms with Crippen LogP contribution < -0.4 is 27.2 Å². The van der Waals surface area contributed by atoms with Gasteiger partial charge in [0.05, 0.1) is 12.5 Å². The largest absolute Gasteiger partial charge is 0.383 e. The first-order valence-electron chi connectivity index (χ1n) is 12.6. The molecule has 34 heavy (non-hydrogen) atoms. The smallest absolute Gasteiger partial charge is 0.330 e. The molecule has 1 aromatic rings. The zero-order valence-electron chi connectivity index (χ0n) is 21.2. The highest BCUT2D eigenvalue weighted by Crippen LogP contribution is 2.21. The highest BCUT2D eigenvalue weighted by atomic mass is 16.2. The average molecular weight is 479 g/mol. The first-order chi connectivity index (χ1) is 16.2. The summed E-state index contributed by atoms with van der Waals surface area (Å²) in [6.45, 7) is 10.6. The van der Waals surface area contributed by atoms with E-state index in [0.29, 0.717) is 39.1 Å². The van der Waals surface area contributed by atoms with Gasteiger partial charge in [-0.25, -0.2) is 4.79 Å². The van der Waals surface area contributed by atoms with Crippen molar-refractivity contribution in [3.8, 4) is 0 Å². The molecule has 0 spiro atoms. The van der Waals surface area contributed by atoms with Gasteiger partial charge in [-0.1, -0.05) is 40.5 Å². The Kier molecular flexibility index (Phi) is 10.8. The van der Waals surface area contributed by atoms with E-state index < -0.39 is 11.2 Å². The van der Waals surface area contributed by atoms with Crippen LogP contribution in [0.5, 0.6) is 0 Å².